The predicted octanol–water partition coefficient (Wildman–Crippen LogP) is 10.1. The molecular weight excluding hydrogens is 565 g/mol. The van der Waals surface area contributed by atoms with Gasteiger partial charge in [0.05, 0.1) is 4.50 Å². The van der Waals surface area contributed by atoms with Crippen LogP contribution in [0.1, 0.15) is 71.1 Å². The van der Waals surface area contributed by atoms with Crippen LogP contribution in [-0.2, 0) is 19.7 Å². The Hall–Kier alpha value is -1.10. The Morgan fingerprint density at radius 2 is 0.947 bits per heavy atom. The van der Waals surface area contributed by atoms with Gasteiger partial charge in [-0.15, -0.1) is 45.3 Å². The Morgan fingerprint density at radius 1 is 0.500 bits per heavy atom. The SMILES string of the molecule is CCCCCCCCc1ccc(-c2ccc(-c3ccc(-c4ccc([Si](OCC)(OCC)OCC)s4)s3)s2)s1. The summed E-state index contributed by atoms with van der Waals surface area (Å²) >= 11 is 7.46. The first-order valence-corrected chi connectivity index (χ1v) is 18.9. The van der Waals surface area contributed by atoms with Crippen LogP contribution in [0.4, 0.5) is 0 Å². The number of aryl methyl sites for hydroxylation is 1. The van der Waals surface area contributed by atoms with Crippen LogP contribution in [0.2, 0.25) is 0 Å². The predicted molar refractivity (Wildman–Crippen MR) is 172 cm³/mol. The van der Waals surface area contributed by atoms with E-state index in [-0.39, 0.29) is 0 Å². The second-order valence-corrected chi connectivity index (χ2v) is 16.4. The van der Waals surface area contributed by atoms with Gasteiger partial charge in [-0.3, -0.25) is 0 Å². The Balaban J connectivity index is 1.42. The molecule has 0 atom stereocenters. The van der Waals surface area contributed by atoms with Gasteiger partial charge in [0.2, 0.25) is 0 Å². The minimum absolute atomic E-state index is 0.577. The molecule has 4 aromatic heterocycles. The van der Waals surface area contributed by atoms with Gasteiger partial charge < -0.3 is 13.3 Å². The molecule has 38 heavy (non-hydrogen) atoms. The van der Waals surface area contributed by atoms with E-state index in [0.29, 0.717) is 19.8 Å². The molecule has 0 amide bonds. The maximum absolute atomic E-state index is 6.12. The zero-order valence-corrected chi connectivity index (χ0v) is 27.3. The molecule has 0 aromatic carbocycles. The lowest BCUT2D eigenvalue weighted by atomic mass is 10.1. The van der Waals surface area contributed by atoms with Gasteiger partial charge in [0, 0.05) is 54.0 Å². The summed E-state index contributed by atoms with van der Waals surface area (Å²) in [5.74, 6) is 0. The van der Waals surface area contributed by atoms with E-state index in [1.165, 1.54) is 79.1 Å². The standard InChI is InChI=1S/C30H40O3S4Si/c1-5-9-10-11-12-13-14-23-15-16-24(34-23)25-17-18-26(35-25)27-19-20-28(36-27)29-21-22-30(37-29)38(31-6-2,32-7-3)33-8-4/h15-22H,5-14H2,1-4H3. The van der Waals surface area contributed by atoms with E-state index >= 15 is 0 Å². The Bertz CT molecular complexity index is 1220. The van der Waals surface area contributed by atoms with Crippen molar-refractivity contribution in [2.24, 2.45) is 0 Å². The summed E-state index contributed by atoms with van der Waals surface area (Å²) in [7, 11) is -2.86. The molecule has 3 nitrogen and oxygen atoms in total. The number of unbranched alkanes of at least 4 members (excludes halogenated alkanes) is 5. The number of hydrogen-bond acceptors (Lipinski definition) is 7. The van der Waals surface area contributed by atoms with E-state index in [2.05, 4.69) is 55.5 Å². The molecule has 0 aliphatic heterocycles. The van der Waals surface area contributed by atoms with Crippen molar-refractivity contribution in [1.82, 2.24) is 0 Å². The Labute approximate surface area is 245 Å². The summed E-state index contributed by atoms with van der Waals surface area (Å²) in [4.78, 5) is 9.44. The third-order valence-electron chi connectivity index (χ3n) is 6.29. The Morgan fingerprint density at radius 3 is 1.50 bits per heavy atom. The van der Waals surface area contributed by atoms with Gasteiger partial charge in [-0.1, -0.05) is 39.0 Å². The number of thiophene rings is 4. The summed E-state index contributed by atoms with van der Waals surface area (Å²) < 4.78 is 19.4. The van der Waals surface area contributed by atoms with Gasteiger partial charge in [-0.25, -0.2) is 0 Å². The molecule has 4 aromatic rings. The van der Waals surface area contributed by atoms with E-state index in [0.717, 1.165) is 4.50 Å². The summed E-state index contributed by atoms with van der Waals surface area (Å²) in [5, 5.41) is 0. The molecule has 0 N–H and O–H groups in total. The zero-order chi connectivity index (χ0) is 26.8. The summed E-state index contributed by atoms with van der Waals surface area (Å²) in [6.45, 7) is 10.0. The highest BCUT2D eigenvalue weighted by atomic mass is 32.1. The molecule has 0 saturated heterocycles. The monoisotopic (exact) mass is 604 g/mol. The smallest absolute Gasteiger partial charge is 0.370 e. The van der Waals surface area contributed by atoms with Gasteiger partial charge in [0.25, 0.3) is 0 Å². The highest BCUT2D eigenvalue weighted by molar-refractivity contribution is 7.31. The minimum Gasteiger partial charge on any atom is -0.370 e. The van der Waals surface area contributed by atoms with Crippen LogP contribution in [0, 0.1) is 0 Å². The van der Waals surface area contributed by atoms with Crippen molar-refractivity contribution in [3.8, 4) is 29.3 Å². The maximum atomic E-state index is 6.12. The van der Waals surface area contributed by atoms with Crippen LogP contribution in [0.3, 0.4) is 0 Å². The molecule has 8 heteroatoms. The van der Waals surface area contributed by atoms with Crippen molar-refractivity contribution in [1.29, 1.82) is 0 Å². The van der Waals surface area contributed by atoms with Gasteiger partial charge in [0.1, 0.15) is 0 Å². The molecule has 0 aliphatic carbocycles. The van der Waals surface area contributed by atoms with Crippen LogP contribution in [-0.4, -0.2) is 28.6 Å². The first-order valence-electron chi connectivity index (χ1n) is 13.9. The molecule has 4 rings (SSSR count). The molecule has 0 radical (unpaired) electrons. The molecule has 0 bridgehead atoms. The number of rotatable bonds is 17. The number of hydrogen-bond donors (Lipinski definition) is 0. The van der Waals surface area contributed by atoms with Crippen molar-refractivity contribution in [2.75, 3.05) is 19.8 Å². The average Bonchev–Trinajstić information content (AvgIpc) is 3.72. The second-order valence-electron chi connectivity index (χ2n) is 9.13. The van der Waals surface area contributed by atoms with Crippen molar-refractivity contribution in [2.45, 2.75) is 72.6 Å². The van der Waals surface area contributed by atoms with Crippen LogP contribution >= 0.6 is 45.3 Å². The van der Waals surface area contributed by atoms with Crippen LogP contribution in [0.15, 0.2) is 48.5 Å². The third-order valence-corrected chi connectivity index (χ3v) is 14.9. The van der Waals surface area contributed by atoms with Gasteiger partial charge in [-0.05, 0) is 82.1 Å². The molecular formula is C30H40O3S4Si. The fourth-order valence-electron chi connectivity index (χ4n) is 4.47. The van der Waals surface area contributed by atoms with E-state index in [9.17, 15) is 0 Å². The molecule has 0 fully saturated rings. The lowest BCUT2D eigenvalue weighted by molar-refractivity contribution is 0.0866. The van der Waals surface area contributed by atoms with Gasteiger partial charge in [0.15, 0.2) is 0 Å². The normalized spacial score (nSPS) is 12.0. The van der Waals surface area contributed by atoms with Crippen molar-refractivity contribution in [3.63, 3.8) is 0 Å². The molecule has 0 aliphatic rings. The molecule has 0 unspecified atom stereocenters. The van der Waals surface area contributed by atoms with Gasteiger partial charge >= 0.3 is 8.80 Å². The average molecular weight is 605 g/mol. The largest absolute Gasteiger partial charge is 0.547 e. The quantitative estimate of drug-likeness (QED) is 0.0886. The van der Waals surface area contributed by atoms with E-state index in [1.807, 2.05) is 54.8 Å². The topological polar surface area (TPSA) is 27.7 Å². The fourth-order valence-corrected chi connectivity index (χ4v) is 12.0. The summed E-state index contributed by atoms with van der Waals surface area (Å²) in [6, 6.07) is 18.0. The first-order chi connectivity index (χ1) is 18.6. The zero-order valence-electron chi connectivity index (χ0n) is 23.0. The molecule has 4 heterocycles. The highest BCUT2D eigenvalue weighted by Gasteiger charge is 2.44. The maximum Gasteiger partial charge on any atom is 0.547 e. The van der Waals surface area contributed by atoms with E-state index in [1.54, 1.807) is 11.3 Å². The second kappa shape index (κ2) is 15.0. The molecule has 0 saturated carbocycles. The van der Waals surface area contributed by atoms with Crippen molar-refractivity contribution in [3.05, 3.63) is 53.4 Å². The molecule has 0 spiro atoms. The molecule has 206 valence electrons. The van der Waals surface area contributed by atoms with Crippen LogP contribution in [0.25, 0.3) is 29.3 Å². The van der Waals surface area contributed by atoms with E-state index < -0.39 is 8.80 Å². The summed E-state index contributed by atoms with van der Waals surface area (Å²) in [6.07, 6.45) is 9.34. The first kappa shape index (κ1) is 29.9. The van der Waals surface area contributed by atoms with Crippen LogP contribution < -0.4 is 4.50 Å². The lowest BCUT2D eigenvalue weighted by Gasteiger charge is -2.27. The third kappa shape index (κ3) is 7.55. The van der Waals surface area contributed by atoms with Gasteiger partial charge in [-0.2, -0.15) is 0 Å². The van der Waals surface area contributed by atoms with Crippen molar-refractivity contribution >= 4 is 58.7 Å². The Kier molecular flexibility index (Phi) is 11.8. The van der Waals surface area contributed by atoms with E-state index in [4.69, 9.17) is 13.3 Å². The minimum atomic E-state index is -2.86. The fraction of sp³-hybridized carbons (Fsp3) is 0.467. The summed E-state index contributed by atoms with van der Waals surface area (Å²) in [5.41, 5.74) is 0. The van der Waals surface area contributed by atoms with Crippen molar-refractivity contribution < 1.29 is 13.3 Å². The van der Waals surface area contributed by atoms with Crippen LogP contribution in [0.5, 0.6) is 0 Å². The highest BCUT2D eigenvalue weighted by Crippen LogP contribution is 2.42. The lowest BCUT2D eigenvalue weighted by Crippen LogP contribution is -2.55.